The summed E-state index contributed by atoms with van der Waals surface area (Å²) in [4.78, 5) is 47.4. The minimum Gasteiger partial charge on any atom is -0.490 e. The van der Waals surface area contributed by atoms with E-state index in [-0.39, 0.29) is 54.7 Å². The number of rotatable bonds is 7. The molecule has 0 fully saturated rings. The van der Waals surface area contributed by atoms with E-state index in [9.17, 15) is 19.5 Å². The smallest absolute Gasteiger partial charge is 0.321 e. The van der Waals surface area contributed by atoms with Crippen molar-refractivity contribution in [3.63, 3.8) is 0 Å². The number of carbonyl (C=O) groups excluding carboxylic acids is 3. The number of anilines is 2. The molecule has 3 aromatic rings. The molecule has 4 atom stereocenters. The zero-order valence-electron chi connectivity index (χ0n) is 27.0. The van der Waals surface area contributed by atoms with Crippen molar-refractivity contribution in [1.29, 1.82) is 0 Å². The number of aliphatic hydroxyl groups excluding tert-OH is 1. The standard InChI is InChI=1S/C35H45N5O6/c1-24-21-40(25(2)23-41)34(43)30-20-29(37-33(42)27-15-17-36-18-16-27)13-14-31(30)46-26(3)10-8-9-19-45-32(24)22-39(4)35(44)38-28-11-6-5-7-12-28/h5-7,11-18,20,24-26,32,41H,8-10,19,21-23H2,1-4H3,(H,37,42)(H,38,44)/t24-,25-,26-,32+/m0/s1. The molecular formula is C35H45N5O6. The summed E-state index contributed by atoms with van der Waals surface area (Å²) in [6.07, 6.45) is 4.91. The zero-order valence-corrected chi connectivity index (χ0v) is 27.0. The van der Waals surface area contributed by atoms with Crippen molar-refractivity contribution in [3.05, 3.63) is 84.2 Å². The fourth-order valence-electron chi connectivity index (χ4n) is 5.26. The number of urea groups is 1. The number of ether oxygens (including phenoxy) is 2. The lowest BCUT2D eigenvalue weighted by molar-refractivity contribution is -0.0115. The van der Waals surface area contributed by atoms with Crippen molar-refractivity contribution < 1.29 is 29.0 Å². The average Bonchev–Trinajstić information content (AvgIpc) is 3.06. The fraction of sp³-hybridized carbons (Fsp3) is 0.429. The molecule has 0 bridgehead atoms. The molecule has 2 aromatic carbocycles. The highest BCUT2D eigenvalue weighted by Gasteiger charge is 2.31. The van der Waals surface area contributed by atoms with Crippen LogP contribution >= 0.6 is 0 Å². The predicted octanol–water partition coefficient (Wildman–Crippen LogP) is 5.29. The van der Waals surface area contributed by atoms with Gasteiger partial charge in [-0.3, -0.25) is 14.6 Å². The molecule has 4 amide bonds. The maximum absolute atomic E-state index is 14.3. The number of amides is 4. The van der Waals surface area contributed by atoms with Gasteiger partial charge in [0.2, 0.25) is 0 Å². The number of nitrogens with one attached hydrogen (secondary N) is 2. The Labute approximate surface area is 270 Å². The van der Waals surface area contributed by atoms with E-state index in [0.29, 0.717) is 35.8 Å². The molecule has 0 saturated heterocycles. The number of para-hydroxylation sites is 1. The van der Waals surface area contributed by atoms with Crippen LogP contribution in [0.2, 0.25) is 0 Å². The van der Waals surface area contributed by atoms with Crippen LogP contribution in [0.5, 0.6) is 5.75 Å². The van der Waals surface area contributed by atoms with E-state index in [4.69, 9.17) is 9.47 Å². The first kappa shape index (κ1) is 34.4. The number of hydrogen-bond donors (Lipinski definition) is 3. The van der Waals surface area contributed by atoms with Crippen LogP contribution < -0.4 is 15.4 Å². The molecule has 4 rings (SSSR count). The molecule has 11 nitrogen and oxygen atoms in total. The lowest BCUT2D eigenvalue weighted by atomic mass is 10.0. The Morgan fingerprint density at radius 2 is 1.78 bits per heavy atom. The van der Waals surface area contributed by atoms with Crippen molar-refractivity contribution in [2.75, 3.05) is 44.0 Å². The number of aromatic nitrogens is 1. The minimum absolute atomic E-state index is 0.182. The second-order valence-corrected chi connectivity index (χ2v) is 11.9. The van der Waals surface area contributed by atoms with Crippen LogP contribution in [0, 0.1) is 5.92 Å². The van der Waals surface area contributed by atoms with Crippen molar-refractivity contribution in [2.45, 2.75) is 58.3 Å². The molecule has 46 heavy (non-hydrogen) atoms. The summed E-state index contributed by atoms with van der Waals surface area (Å²) in [6, 6.07) is 16.7. The monoisotopic (exact) mass is 631 g/mol. The van der Waals surface area contributed by atoms with Gasteiger partial charge in [0.1, 0.15) is 5.75 Å². The van der Waals surface area contributed by atoms with Crippen LogP contribution in [-0.4, -0.2) is 89.3 Å². The van der Waals surface area contributed by atoms with Gasteiger partial charge in [0.25, 0.3) is 11.8 Å². The summed E-state index contributed by atoms with van der Waals surface area (Å²) in [7, 11) is 1.72. The number of aliphatic hydroxyl groups is 1. The van der Waals surface area contributed by atoms with E-state index in [1.165, 1.54) is 12.4 Å². The van der Waals surface area contributed by atoms with E-state index in [0.717, 1.165) is 19.3 Å². The average molecular weight is 632 g/mol. The number of carbonyl (C=O) groups is 3. The molecule has 0 spiro atoms. The molecule has 1 aliphatic heterocycles. The molecule has 2 heterocycles. The maximum atomic E-state index is 14.3. The second kappa shape index (κ2) is 16.7. The molecule has 0 radical (unpaired) electrons. The van der Waals surface area contributed by atoms with Gasteiger partial charge in [-0.05, 0) is 75.6 Å². The van der Waals surface area contributed by atoms with Crippen LogP contribution in [0.1, 0.15) is 60.7 Å². The van der Waals surface area contributed by atoms with Crippen molar-refractivity contribution in [2.24, 2.45) is 5.92 Å². The molecule has 0 saturated carbocycles. The SMILES string of the molecule is C[C@H]1CCCCO[C@H](CN(C)C(=O)Nc2ccccc2)[C@@H](C)CN([C@@H](C)CO)C(=O)c2cc(NC(=O)c3ccncc3)ccc2O1. The number of nitrogens with zero attached hydrogens (tertiary/aromatic N) is 3. The summed E-state index contributed by atoms with van der Waals surface area (Å²) in [5.74, 6) is -0.476. The van der Waals surface area contributed by atoms with Crippen molar-refractivity contribution in [1.82, 2.24) is 14.8 Å². The summed E-state index contributed by atoms with van der Waals surface area (Å²) in [5, 5.41) is 16.0. The lowest BCUT2D eigenvalue weighted by Gasteiger charge is -2.35. The van der Waals surface area contributed by atoms with E-state index in [1.807, 2.05) is 44.2 Å². The molecule has 11 heteroatoms. The summed E-state index contributed by atoms with van der Waals surface area (Å²) < 4.78 is 12.6. The van der Waals surface area contributed by atoms with Gasteiger partial charge >= 0.3 is 6.03 Å². The van der Waals surface area contributed by atoms with Gasteiger partial charge in [-0.2, -0.15) is 0 Å². The van der Waals surface area contributed by atoms with Gasteiger partial charge in [0, 0.05) is 62.0 Å². The summed E-state index contributed by atoms with van der Waals surface area (Å²) in [6.45, 7) is 6.51. The number of hydrogen-bond acceptors (Lipinski definition) is 7. The zero-order chi connectivity index (χ0) is 33.1. The third-order valence-electron chi connectivity index (χ3n) is 8.08. The Kier molecular flexibility index (Phi) is 12.5. The van der Waals surface area contributed by atoms with Gasteiger partial charge in [-0.1, -0.05) is 25.1 Å². The second-order valence-electron chi connectivity index (χ2n) is 11.9. The molecule has 246 valence electrons. The van der Waals surface area contributed by atoms with E-state index in [2.05, 4.69) is 15.6 Å². The largest absolute Gasteiger partial charge is 0.490 e. The number of benzene rings is 2. The van der Waals surface area contributed by atoms with E-state index in [1.54, 1.807) is 54.1 Å². The Morgan fingerprint density at radius 3 is 2.50 bits per heavy atom. The van der Waals surface area contributed by atoms with E-state index < -0.39 is 6.04 Å². The molecular weight excluding hydrogens is 586 g/mol. The molecule has 3 N–H and O–H groups in total. The van der Waals surface area contributed by atoms with Crippen LogP contribution in [0.4, 0.5) is 16.2 Å². The van der Waals surface area contributed by atoms with Gasteiger partial charge in [-0.25, -0.2) is 4.79 Å². The molecule has 1 aromatic heterocycles. The Hall–Kier alpha value is -4.48. The van der Waals surface area contributed by atoms with E-state index >= 15 is 0 Å². The van der Waals surface area contributed by atoms with Gasteiger partial charge in [0.05, 0.1) is 30.4 Å². The van der Waals surface area contributed by atoms with Crippen LogP contribution in [0.3, 0.4) is 0 Å². The Morgan fingerprint density at radius 1 is 1.04 bits per heavy atom. The maximum Gasteiger partial charge on any atom is 0.321 e. The van der Waals surface area contributed by atoms with Crippen LogP contribution in [0.15, 0.2) is 73.1 Å². The molecule has 0 aliphatic carbocycles. The van der Waals surface area contributed by atoms with Crippen molar-refractivity contribution >= 4 is 29.2 Å². The van der Waals surface area contributed by atoms with Crippen molar-refractivity contribution in [3.8, 4) is 5.75 Å². The highest BCUT2D eigenvalue weighted by molar-refractivity contribution is 6.05. The first-order valence-corrected chi connectivity index (χ1v) is 15.8. The third-order valence-corrected chi connectivity index (χ3v) is 8.08. The van der Waals surface area contributed by atoms with Crippen LogP contribution in [-0.2, 0) is 4.74 Å². The molecule has 1 aliphatic rings. The lowest BCUT2D eigenvalue weighted by Crippen LogP contribution is -2.48. The van der Waals surface area contributed by atoms with Crippen LogP contribution in [0.25, 0.3) is 0 Å². The minimum atomic E-state index is -0.525. The fourth-order valence-corrected chi connectivity index (χ4v) is 5.26. The number of pyridine rings is 1. The normalized spacial score (nSPS) is 20.0. The number of likely N-dealkylation sites (N-methyl/N-ethyl adjacent to an activating group) is 1. The molecule has 0 unspecified atom stereocenters. The first-order valence-electron chi connectivity index (χ1n) is 15.8. The highest BCUT2D eigenvalue weighted by Crippen LogP contribution is 2.29. The third kappa shape index (κ3) is 9.51. The van der Waals surface area contributed by atoms with Gasteiger partial charge in [-0.15, -0.1) is 0 Å². The Balaban J connectivity index is 1.60. The summed E-state index contributed by atoms with van der Waals surface area (Å²) >= 11 is 0. The first-order chi connectivity index (χ1) is 22.2. The summed E-state index contributed by atoms with van der Waals surface area (Å²) in [5.41, 5.74) is 1.84. The van der Waals surface area contributed by atoms with Gasteiger partial charge < -0.3 is 35.0 Å². The Bertz CT molecular complexity index is 1440. The predicted molar refractivity (Wildman–Crippen MR) is 177 cm³/mol. The highest BCUT2D eigenvalue weighted by atomic mass is 16.5. The number of fused-ring (bicyclic) bond motifs is 1. The topological polar surface area (TPSA) is 133 Å². The quantitative estimate of drug-likeness (QED) is 0.323. The van der Waals surface area contributed by atoms with Gasteiger partial charge in [0.15, 0.2) is 0 Å².